The minimum atomic E-state index is -3.11. The molecule has 9 heteroatoms. The van der Waals surface area contributed by atoms with Crippen molar-refractivity contribution in [1.29, 1.82) is 0 Å². The summed E-state index contributed by atoms with van der Waals surface area (Å²) in [7, 11) is 0. The third kappa shape index (κ3) is 4.18. The molecule has 2 heterocycles. The molecule has 6 nitrogen and oxygen atoms in total. The van der Waals surface area contributed by atoms with Gasteiger partial charge in [0.1, 0.15) is 0 Å². The largest absolute Gasteiger partial charge is 0.350 e. The van der Waals surface area contributed by atoms with Crippen molar-refractivity contribution >= 4 is 28.3 Å². The van der Waals surface area contributed by atoms with E-state index in [-0.39, 0.29) is 12.3 Å². The van der Waals surface area contributed by atoms with Crippen LogP contribution in [0.25, 0.3) is 0 Å². The number of hydrogen-bond donors (Lipinski definition) is 2. The third-order valence-corrected chi connectivity index (χ3v) is 3.94. The van der Waals surface area contributed by atoms with Gasteiger partial charge in [-0.25, -0.2) is 13.8 Å². The molecule has 1 aromatic heterocycles. The van der Waals surface area contributed by atoms with Gasteiger partial charge in [-0.3, -0.25) is 14.5 Å². The number of alkyl halides is 2. The highest BCUT2D eigenvalue weighted by atomic mass is 32.1. The zero-order valence-electron chi connectivity index (χ0n) is 11.3. The van der Waals surface area contributed by atoms with Crippen LogP contribution in [0.2, 0.25) is 0 Å². The second-order valence-electron chi connectivity index (χ2n) is 4.78. The van der Waals surface area contributed by atoms with Gasteiger partial charge in [0.2, 0.25) is 11.8 Å². The van der Waals surface area contributed by atoms with Gasteiger partial charge in [0, 0.05) is 18.3 Å². The van der Waals surface area contributed by atoms with Gasteiger partial charge >= 0.3 is 0 Å². The Bertz CT molecular complexity index is 535. The van der Waals surface area contributed by atoms with Crippen LogP contribution >= 0.6 is 11.3 Å². The number of anilines is 1. The average Bonchev–Trinajstić information content (AvgIpc) is 3.05. The van der Waals surface area contributed by atoms with Gasteiger partial charge in [0.25, 0.3) is 5.92 Å². The summed E-state index contributed by atoms with van der Waals surface area (Å²) in [4.78, 5) is 28.9. The molecule has 1 fully saturated rings. The van der Waals surface area contributed by atoms with Gasteiger partial charge in [-0.15, -0.1) is 11.3 Å². The number of nitrogens with one attached hydrogen (secondary N) is 1. The van der Waals surface area contributed by atoms with E-state index in [2.05, 4.69) is 10.3 Å². The highest BCUT2D eigenvalue weighted by molar-refractivity contribution is 7.14. The van der Waals surface area contributed by atoms with Crippen LogP contribution in [0.15, 0.2) is 5.38 Å². The Balaban J connectivity index is 1.87. The summed E-state index contributed by atoms with van der Waals surface area (Å²) < 4.78 is 25.8. The minimum absolute atomic E-state index is 0.0166. The summed E-state index contributed by atoms with van der Waals surface area (Å²) in [5.41, 5.74) is 5.34. The van der Waals surface area contributed by atoms with Gasteiger partial charge in [0.05, 0.1) is 25.2 Å². The van der Waals surface area contributed by atoms with Crippen LogP contribution in [0, 0.1) is 0 Å². The number of nitrogens with zero attached hydrogens (tertiary/aromatic N) is 2. The molecule has 2 rings (SSSR count). The fourth-order valence-corrected chi connectivity index (χ4v) is 2.75. The maximum absolute atomic E-state index is 12.9. The van der Waals surface area contributed by atoms with Crippen LogP contribution in [0.1, 0.15) is 18.5 Å². The summed E-state index contributed by atoms with van der Waals surface area (Å²) in [6.45, 7) is -0.976. The lowest BCUT2D eigenvalue weighted by Crippen LogP contribution is -2.42. The number of nitrogens with two attached hydrogens (primary N) is 1. The number of amides is 2. The van der Waals surface area contributed by atoms with Crippen molar-refractivity contribution in [1.82, 2.24) is 10.3 Å². The fourth-order valence-electron chi connectivity index (χ4n) is 1.88. The van der Waals surface area contributed by atoms with Crippen LogP contribution in [-0.4, -0.2) is 42.4 Å². The number of halogens is 2. The molecule has 0 aliphatic carbocycles. The second kappa shape index (κ2) is 6.44. The summed E-state index contributed by atoms with van der Waals surface area (Å²) in [6, 6.07) is 0. The molecule has 1 saturated heterocycles. The molecule has 116 valence electrons. The quantitative estimate of drug-likeness (QED) is 0.800. The zero-order valence-corrected chi connectivity index (χ0v) is 12.1. The Kier molecular flexibility index (Phi) is 4.84. The van der Waals surface area contributed by atoms with Crippen molar-refractivity contribution in [2.24, 2.45) is 5.73 Å². The first-order valence-corrected chi connectivity index (χ1v) is 7.38. The number of rotatable bonds is 6. The molecule has 1 aromatic rings. The van der Waals surface area contributed by atoms with Crippen LogP contribution in [0.5, 0.6) is 0 Å². The maximum atomic E-state index is 12.9. The van der Waals surface area contributed by atoms with Crippen molar-refractivity contribution in [3.8, 4) is 0 Å². The molecule has 0 bridgehead atoms. The first-order valence-electron chi connectivity index (χ1n) is 6.50. The number of hydrogen-bond acceptors (Lipinski definition) is 5. The molecule has 3 N–H and O–H groups in total. The molecule has 0 saturated carbocycles. The fraction of sp³-hybridized carbons (Fsp3) is 0.583. The number of aromatic nitrogens is 1. The Labute approximate surface area is 124 Å². The van der Waals surface area contributed by atoms with E-state index in [1.54, 1.807) is 10.3 Å². The molecule has 0 aromatic carbocycles. The number of thiazole rings is 1. The topological polar surface area (TPSA) is 88.3 Å². The lowest BCUT2D eigenvalue weighted by Gasteiger charge is -2.14. The predicted molar refractivity (Wildman–Crippen MR) is 74.4 cm³/mol. The maximum Gasteiger partial charge on any atom is 0.277 e. The van der Waals surface area contributed by atoms with Gasteiger partial charge in [-0.1, -0.05) is 0 Å². The van der Waals surface area contributed by atoms with Gasteiger partial charge in [-0.2, -0.15) is 0 Å². The summed E-state index contributed by atoms with van der Waals surface area (Å²) in [5.74, 6) is -3.64. The van der Waals surface area contributed by atoms with Crippen LogP contribution in [-0.2, 0) is 16.0 Å². The lowest BCUT2D eigenvalue weighted by atomic mass is 10.3. The molecule has 0 unspecified atom stereocenters. The van der Waals surface area contributed by atoms with Crippen LogP contribution in [0.3, 0.4) is 0 Å². The van der Waals surface area contributed by atoms with E-state index < -0.39 is 24.9 Å². The second-order valence-corrected chi connectivity index (χ2v) is 5.62. The first-order chi connectivity index (χ1) is 9.91. The first kappa shape index (κ1) is 15.8. The molecule has 2 amide bonds. The number of carbonyl (C=O) groups excluding carboxylic acids is 2. The third-order valence-electron chi connectivity index (χ3n) is 3.03. The standard InChI is InChI=1S/C12H16F2N4O2S/c13-12(14,6-15)7-16-9(19)4-8-5-21-11(17-8)18-3-1-2-10(18)20/h5H,1-4,6-7,15H2,(H,16,19). The molecule has 1 aliphatic heterocycles. The van der Waals surface area contributed by atoms with Crippen molar-refractivity contribution in [3.63, 3.8) is 0 Å². The van der Waals surface area contributed by atoms with Crippen molar-refractivity contribution in [3.05, 3.63) is 11.1 Å². The summed E-state index contributed by atoms with van der Waals surface area (Å²) in [5, 5.41) is 4.33. The molecule has 1 aliphatic rings. The summed E-state index contributed by atoms with van der Waals surface area (Å²) >= 11 is 1.27. The minimum Gasteiger partial charge on any atom is -0.350 e. The molecule has 0 atom stereocenters. The monoisotopic (exact) mass is 318 g/mol. The predicted octanol–water partition coefficient (Wildman–Crippen LogP) is 0.523. The molecule has 0 radical (unpaired) electrons. The average molecular weight is 318 g/mol. The number of carbonyl (C=O) groups is 2. The van der Waals surface area contributed by atoms with E-state index in [0.29, 0.717) is 23.8 Å². The summed E-state index contributed by atoms with van der Waals surface area (Å²) in [6.07, 6.45) is 1.20. The Hall–Kier alpha value is -1.61. The molecular formula is C12H16F2N4O2S. The van der Waals surface area contributed by atoms with Crippen molar-refractivity contribution in [2.45, 2.75) is 25.2 Å². The van der Waals surface area contributed by atoms with Gasteiger partial charge in [0.15, 0.2) is 5.13 Å². The van der Waals surface area contributed by atoms with Crippen molar-refractivity contribution in [2.75, 3.05) is 24.5 Å². The van der Waals surface area contributed by atoms with E-state index in [0.717, 1.165) is 6.42 Å². The van der Waals surface area contributed by atoms with Gasteiger partial charge in [-0.05, 0) is 6.42 Å². The van der Waals surface area contributed by atoms with Crippen molar-refractivity contribution < 1.29 is 18.4 Å². The molecule has 21 heavy (non-hydrogen) atoms. The molecular weight excluding hydrogens is 302 g/mol. The van der Waals surface area contributed by atoms with Crippen LogP contribution < -0.4 is 16.0 Å². The Morgan fingerprint density at radius 2 is 2.33 bits per heavy atom. The van der Waals surface area contributed by atoms with Crippen LogP contribution in [0.4, 0.5) is 13.9 Å². The smallest absolute Gasteiger partial charge is 0.277 e. The Morgan fingerprint density at radius 1 is 1.57 bits per heavy atom. The van der Waals surface area contributed by atoms with E-state index in [4.69, 9.17) is 5.73 Å². The van der Waals surface area contributed by atoms with E-state index in [1.807, 2.05) is 0 Å². The van der Waals surface area contributed by atoms with E-state index >= 15 is 0 Å². The van der Waals surface area contributed by atoms with E-state index in [1.165, 1.54) is 11.3 Å². The highest BCUT2D eigenvalue weighted by Crippen LogP contribution is 2.25. The SMILES string of the molecule is NCC(F)(F)CNC(=O)Cc1csc(N2CCCC2=O)n1. The zero-order chi connectivity index (χ0) is 15.5. The van der Waals surface area contributed by atoms with Gasteiger partial charge < -0.3 is 11.1 Å². The highest BCUT2D eigenvalue weighted by Gasteiger charge is 2.27. The molecule has 0 spiro atoms. The lowest BCUT2D eigenvalue weighted by molar-refractivity contribution is -0.122. The normalized spacial score (nSPS) is 15.6. The van der Waals surface area contributed by atoms with E-state index in [9.17, 15) is 18.4 Å². The Morgan fingerprint density at radius 3 is 2.95 bits per heavy atom.